The zero-order chi connectivity index (χ0) is 14.9. The molecule has 1 saturated heterocycles. The maximum Gasteiger partial charge on any atom is 0.154 e. The van der Waals surface area contributed by atoms with E-state index < -0.39 is 0 Å². The minimum Gasteiger partial charge on any atom is -0.463 e. The van der Waals surface area contributed by atoms with Gasteiger partial charge in [-0.15, -0.1) is 0 Å². The quantitative estimate of drug-likeness (QED) is 0.805. The average Bonchev–Trinajstić information content (AvgIpc) is 3.17. The van der Waals surface area contributed by atoms with Crippen LogP contribution in [0.1, 0.15) is 5.69 Å². The summed E-state index contributed by atoms with van der Waals surface area (Å²) in [4.78, 5) is 6.97. The predicted octanol–water partition coefficient (Wildman–Crippen LogP) is 2.14. The van der Waals surface area contributed by atoms with Crippen molar-refractivity contribution in [2.75, 3.05) is 26.2 Å². The Morgan fingerprint density at radius 2 is 2.09 bits per heavy atom. The number of pyridine rings is 1. The van der Waals surface area contributed by atoms with Crippen LogP contribution in [0.4, 0.5) is 4.39 Å². The topological polar surface area (TPSA) is 45.7 Å². The molecule has 1 aliphatic rings. The molecule has 3 aromatic rings. The Balaban J connectivity index is 1.81. The molecular formula is C16H17FN4O. The number of hydrogen-bond acceptors (Lipinski definition) is 4. The molecule has 0 atom stereocenters. The molecule has 0 saturated carbocycles. The molecule has 0 aliphatic carbocycles. The third-order valence-electron chi connectivity index (χ3n) is 4.02. The summed E-state index contributed by atoms with van der Waals surface area (Å²) in [5.41, 5.74) is 2.48. The monoisotopic (exact) mass is 300 g/mol. The van der Waals surface area contributed by atoms with Gasteiger partial charge in [0, 0.05) is 38.9 Å². The van der Waals surface area contributed by atoms with Gasteiger partial charge >= 0.3 is 0 Å². The summed E-state index contributed by atoms with van der Waals surface area (Å²) in [5.74, 6) is 0.451. The maximum atomic E-state index is 13.7. The molecule has 1 N–H and O–H groups in total. The zero-order valence-electron chi connectivity index (χ0n) is 12.1. The number of nitrogens with zero attached hydrogens (tertiary/aromatic N) is 3. The molecule has 0 spiro atoms. The molecule has 3 aromatic heterocycles. The fraction of sp³-hybridized carbons (Fsp3) is 0.312. The van der Waals surface area contributed by atoms with Crippen molar-refractivity contribution in [3.63, 3.8) is 0 Å². The lowest BCUT2D eigenvalue weighted by molar-refractivity contribution is 0.230. The van der Waals surface area contributed by atoms with Gasteiger partial charge in [-0.3, -0.25) is 9.30 Å². The van der Waals surface area contributed by atoms with E-state index in [1.807, 2.05) is 16.5 Å². The molecule has 22 heavy (non-hydrogen) atoms. The van der Waals surface area contributed by atoms with E-state index >= 15 is 0 Å². The van der Waals surface area contributed by atoms with E-state index in [-0.39, 0.29) is 5.82 Å². The largest absolute Gasteiger partial charge is 0.463 e. The third kappa shape index (κ3) is 2.40. The van der Waals surface area contributed by atoms with Crippen LogP contribution in [-0.2, 0) is 6.54 Å². The highest BCUT2D eigenvalue weighted by Gasteiger charge is 2.20. The van der Waals surface area contributed by atoms with Gasteiger partial charge in [-0.1, -0.05) is 0 Å². The fourth-order valence-corrected chi connectivity index (χ4v) is 2.91. The normalized spacial score (nSPS) is 16.4. The van der Waals surface area contributed by atoms with Gasteiger partial charge in [0.25, 0.3) is 0 Å². The van der Waals surface area contributed by atoms with E-state index in [1.54, 1.807) is 12.3 Å². The van der Waals surface area contributed by atoms with E-state index in [1.165, 1.54) is 12.3 Å². The lowest BCUT2D eigenvalue weighted by Gasteiger charge is -2.27. The number of hydrogen-bond donors (Lipinski definition) is 1. The van der Waals surface area contributed by atoms with Gasteiger partial charge in [0.1, 0.15) is 17.2 Å². The van der Waals surface area contributed by atoms with Crippen molar-refractivity contribution in [1.82, 2.24) is 19.6 Å². The first kappa shape index (κ1) is 13.5. The summed E-state index contributed by atoms with van der Waals surface area (Å²) >= 11 is 0. The molecule has 0 amide bonds. The number of halogens is 1. The molecule has 4 rings (SSSR count). The molecule has 4 heterocycles. The number of fused-ring (bicyclic) bond motifs is 1. The van der Waals surface area contributed by atoms with Crippen molar-refractivity contribution in [3.05, 3.63) is 48.2 Å². The Bertz CT molecular complexity index is 775. The van der Waals surface area contributed by atoms with Crippen LogP contribution in [0.5, 0.6) is 0 Å². The lowest BCUT2D eigenvalue weighted by atomic mass is 10.2. The molecular weight excluding hydrogens is 283 g/mol. The van der Waals surface area contributed by atoms with E-state index in [2.05, 4.69) is 15.2 Å². The van der Waals surface area contributed by atoms with E-state index in [0.717, 1.165) is 49.8 Å². The molecule has 0 radical (unpaired) electrons. The Morgan fingerprint density at radius 1 is 1.23 bits per heavy atom. The Labute approximate surface area is 127 Å². The summed E-state index contributed by atoms with van der Waals surface area (Å²) in [6.45, 7) is 4.62. The van der Waals surface area contributed by atoms with Crippen LogP contribution >= 0.6 is 0 Å². The third-order valence-corrected chi connectivity index (χ3v) is 4.02. The molecule has 114 valence electrons. The van der Waals surface area contributed by atoms with Gasteiger partial charge in [-0.25, -0.2) is 9.37 Å². The number of aromatic nitrogens is 2. The van der Waals surface area contributed by atoms with Gasteiger partial charge < -0.3 is 9.73 Å². The summed E-state index contributed by atoms with van der Waals surface area (Å²) < 4.78 is 21.0. The van der Waals surface area contributed by atoms with Crippen LogP contribution in [0.2, 0.25) is 0 Å². The highest BCUT2D eigenvalue weighted by molar-refractivity contribution is 5.62. The molecule has 1 aliphatic heterocycles. The molecule has 0 bridgehead atoms. The van der Waals surface area contributed by atoms with Gasteiger partial charge in [-0.2, -0.15) is 0 Å². The summed E-state index contributed by atoms with van der Waals surface area (Å²) in [6.07, 6.45) is 3.13. The molecule has 0 aromatic carbocycles. The van der Waals surface area contributed by atoms with Crippen LogP contribution in [-0.4, -0.2) is 40.5 Å². The zero-order valence-corrected chi connectivity index (χ0v) is 12.1. The smallest absolute Gasteiger partial charge is 0.154 e. The highest BCUT2D eigenvalue weighted by Crippen LogP contribution is 2.26. The molecule has 5 nitrogen and oxygen atoms in total. The van der Waals surface area contributed by atoms with Gasteiger partial charge in [0.2, 0.25) is 0 Å². The van der Waals surface area contributed by atoms with Crippen molar-refractivity contribution < 1.29 is 8.81 Å². The number of nitrogens with one attached hydrogen (secondary N) is 1. The molecule has 1 fully saturated rings. The first-order chi connectivity index (χ1) is 10.8. The highest BCUT2D eigenvalue weighted by atomic mass is 19.1. The average molecular weight is 300 g/mol. The SMILES string of the molecule is Fc1ccc2nc(-c3ccco3)c(CN3CCNCC3)n2c1. The second-order valence-corrected chi connectivity index (χ2v) is 5.49. The standard InChI is InChI=1S/C16H17FN4O/c17-12-3-4-15-19-16(14-2-1-9-22-14)13(21(15)10-12)11-20-7-5-18-6-8-20/h1-4,9-10,18H,5-8,11H2. The number of furan rings is 1. The van der Waals surface area contributed by atoms with Crippen LogP contribution in [0, 0.1) is 5.82 Å². The minimum atomic E-state index is -0.266. The van der Waals surface area contributed by atoms with Crippen molar-refractivity contribution in [1.29, 1.82) is 0 Å². The van der Waals surface area contributed by atoms with E-state index in [4.69, 9.17) is 4.42 Å². The fourth-order valence-electron chi connectivity index (χ4n) is 2.91. The van der Waals surface area contributed by atoms with Gasteiger partial charge in [0.05, 0.1) is 12.0 Å². The number of imidazole rings is 1. The van der Waals surface area contributed by atoms with Gasteiger partial charge in [0.15, 0.2) is 5.76 Å². The maximum absolute atomic E-state index is 13.7. The first-order valence-electron chi connectivity index (χ1n) is 7.45. The predicted molar refractivity (Wildman–Crippen MR) is 81.0 cm³/mol. The van der Waals surface area contributed by atoms with Crippen LogP contribution in [0.3, 0.4) is 0 Å². The summed E-state index contributed by atoms with van der Waals surface area (Å²) in [6, 6.07) is 6.86. The van der Waals surface area contributed by atoms with Crippen molar-refractivity contribution in [2.45, 2.75) is 6.54 Å². The van der Waals surface area contributed by atoms with Crippen molar-refractivity contribution >= 4 is 5.65 Å². The van der Waals surface area contributed by atoms with E-state index in [0.29, 0.717) is 5.76 Å². The Morgan fingerprint density at radius 3 is 2.86 bits per heavy atom. The minimum absolute atomic E-state index is 0.266. The lowest BCUT2D eigenvalue weighted by Crippen LogP contribution is -2.43. The summed E-state index contributed by atoms with van der Waals surface area (Å²) in [5, 5.41) is 3.34. The number of piperazine rings is 1. The number of rotatable bonds is 3. The van der Waals surface area contributed by atoms with Gasteiger partial charge in [-0.05, 0) is 24.3 Å². The second kappa shape index (κ2) is 5.55. The van der Waals surface area contributed by atoms with Crippen LogP contribution in [0.15, 0.2) is 41.1 Å². The van der Waals surface area contributed by atoms with Crippen molar-refractivity contribution in [2.24, 2.45) is 0 Å². The second-order valence-electron chi connectivity index (χ2n) is 5.49. The molecule has 0 unspecified atom stereocenters. The van der Waals surface area contributed by atoms with Crippen molar-refractivity contribution in [3.8, 4) is 11.5 Å². The van der Waals surface area contributed by atoms with Crippen LogP contribution in [0.25, 0.3) is 17.1 Å². The van der Waals surface area contributed by atoms with E-state index in [9.17, 15) is 4.39 Å². The Kier molecular flexibility index (Phi) is 3.40. The molecule has 6 heteroatoms. The Hall–Kier alpha value is -2.18. The summed E-state index contributed by atoms with van der Waals surface area (Å²) in [7, 11) is 0. The first-order valence-corrected chi connectivity index (χ1v) is 7.45. The van der Waals surface area contributed by atoms with Crippen LogP contribution < -0.4 is 5.32 Å².